The quantitative estimate of drug-likeness (QED) is 0.903. The second-order valence-corrected chi connectivity index (χ2v) is 6.51. The maximum Gasteiger partial charge on any atom is 0.0841 e. The van der Waals surface area contributed by atoms with E-state index in [0.29, 0.717) is 0 Å². The Balaban J connectivity index is 1.53. The van der Waals surface area contributed by atoms with E-state index in [1.54, 1.807) is 0 Å². The van der Waals surface area contributed by atoms with Crippen LogP contribution in [0.15, 0.2) is 24.3 Å². The highest BCUT2D eigenvalue weighted by molar-refractivity contribution is 5.81. The highest BCUT2D eigenvalue weighted by atomic mass is 15.3. The topological polar surface area (TPSA) is 29.9 Å². The van der Waals surface area contributed by atoms with Crippen LogP contribution in [-0.4, -0.2) is 16.3 Å². The smallest absolute Gasteiger partial charge is 0.0841 e. The summed E-state index contributed by atoms with van der Waals surface area (Å²) in [5, 5.41) is 9.57. The van der Waals surface area contributed by atoms with Crippen molar-refractivity contribution in [2.24, 2.45) is 18.9 Å². The fraction of sp³-hybridized carbons (Fsp3) is 0.611. The Morgan fingerprint density at radius 1 is 1.14 bits per heavy atom. The maximum absolute atomic E-state index is 4.65. The number of fused-ring (bicyclic) bond motifs is 1. The largest absolute Gasteiger partial charge is 0.311 e. The molecule has 0 aliphatic heterocycles. The monoisotopic (exact) mass is 285 g/mol. The number of rotatable bonds is 5. The fourth-order valence-corrected chi connectivity index (χ4v) is 3.66. The third-order valence-corrected chi connectivity index (χ3v) is 5.10. The number of nitrogens with zero attached hydrogens (tertiary/aromatic N) is 2. The molecule has 1 aliphatic rings. The molecule has 2 aromatic rings. The van der Waals surface area contributed by atoms with Crippen molar-refractivity contribution in [1.29, 1.82) is 0 Å². The lowest BCUT2D eigenvalue weighted by Gasteiger charge is -2.27. The molecule has 0 atom stereocenters. The lowest BCUT2D eigenvalue weighted by Crippen LogP contribution is -2.26. The van der Waals surface area contributed by atoms with Crippen LogP contribution in [0.4, 0.5) is 0 Å². The van der Waals surface area contributed by atoms with Gasteiger partial charge in [-0.05, 0) is 37.3 Å². The summed E-state index contributed by atoms with van der Waals surface area (Å²) in [6.07, 6.45) is 7.01. The van der Waals surface area contributed by atoms with Crippen molar-refractivity contribution < 1.29 is 0 Å². The first-order valence-corrected chi connectivity index (χ1v) is 8.39. The molecule has 0 bridgehead atoms. The Morgan fingerprint density at radius 3 is 2.62 bits per heavy atom. The zero-order valence-electron chi connectivity index (χ0n) is 13.3. The predicted octanol–water partition coefficient (Wildman–Crippen LogP) is 3.88. The van der Waals surface area contributed by atoms with Crippen molar-refractivity contribution in [3.8, 4) is 0 Å². The molecule has 1 aliphatic carbocycles. The third kappa shape index (κ3) is 3.29. The van der Waals surface area contributed by atoms with Gasteiger partial charge in [-0.2, -0.15) is 5.10 Å². The van der Waals surface area contributed by atoms with Crippen molar-refractivity contribution in [2.45, 2.75) is 45.6 Å². The molecule has 1 saturated carbocycles. The second kappa shape index (κ2) is 6.61. The summed E-state index contributed by atoms with van der Waals surface area (Å²) in [7, 11) is 2.03. The number of hydrogen-bond acceptors (Lipinski definition) is 2. The van der Waals surface area contributed by atoms with Crippen LogP contribution in [0.1, 0.15) is 44.7 Å². The zero-order chi connectivity index (χ0) is 14.7. The Morgan fingerprint density at radius 2 is 1.86 bits per heavy atom. The van der Waals surface area contributed by atoms with Crippen molar-refractivity contribution in [3.05, 3.63) is 30.0 Å². The molecule has 3 heteroatoms. The summed E-state index contributed by atoms with van der Waals surface area (Å²) in [4.78, 5) is 0. The van der Waals surface area contributed by atoms with Crippen LogP contribution < -0.4 is 5.32 Å². The van der Waals surface area contributed by atoms with E-state index in [1.165, 1.54) is 48.7 Å². The number of benzene rings is 1. The molecular formula is C18H27N3. The van der Waals surface area contributed by atoms with Crippen molar-refractivity contribution in [1.82, 2.24) is 15.1 Å². The third-order valence-electron chi connectivity index (χ3n) is 5.10. The van der Waals surface area contributed by atoms with Crippen LogP contribution in [0.5, 0.6) is 0 Å². The summed E-state index contributed by atoms with van der Waals surface area (Å²) in [6.45, 7) is 4.35. The predicted molar refractivity (Wildman–Crippen MR) is 88.2 cm³/mol. The van der Waals surface area contributed by atoms with Crippen LogP contribution in [0.25, 0.3) is 10.9 Å². The van der Waals surface area contributed by atoms with Gasteiger partial charge in [-0.15, -0.1) is 0 Å². The first kappa shape index (κ1) is 14.6. The molecule has 0 spiro atoms. The van der Waals surface area contributed by atoms with Gasteiger partial charge >= 0.3 is 0 Å². The zero-order valence-corrected chi connectivity index (χ0v) is 13.3. The molecule has 1 heterocycles. The van der Waals surface area contributed by atoms with Gasteiger partial charge in [0.15, 0.2) is 0 Å². The van der Waals surface area contributed by atoms with Gasteiger partial charge in [0, 0.05) is 19.0 Å². The maximum atomic E-state index is 4.65. The molecule has 0 saturated heterocycles. The Kier molecular flexibility index (Phi) is 4.59. The lowest BCUT2D eigenvalue weighted by atomic mass is 9.81. The second-order valence-electron chi connectivity index (χ2n) is 6.51. The molecule has 1 fully saturated rings. The Bertz CT molecular complexity index is 579. The van der Waals surface area contributed by atoms with Gasteiger partial charge in [-0.25, -0.2) is 0 Å². The molecule has 0 unspecified atom stereocenters. The summed E-state index contributed by atoms with van der Waals surface area (Å²) in [5.74, 6) is 1.85. The fourth-order valence-electron chi connectivity index (χ4n) is 3.66. The molecule has 21 heavy (non-hydrogen) atoms. The van der Waals surface area contributed by atoms with E-state index in [0.717, 1.165) is 24.9 Å². The highest BCUT2D eigenvalue weighted by Crippen LogP contribution is 2.30. The highest BCUT2D eigenvalue weighted by Gasteiger charge is 2.19. The van der Waals surface area contributed by atoms with Gasteiger partial charge in [0.05, 0.1) is 11.2 Å². The van der Waals surface area contributed by atoms with Crippen LogP contribution in [0.3, 0.4) is 0 Å². The van der Waals surface area contributed by atoms with Crippen molar-refractivity contribution in [3.63, 3.8) is 0 Å². The molecule has 1 aromatic heterocycles. The molecule has 1 aromatic carbocycles. The van der Waals surface area contributed by atoms with Crippen LogP contribution >= 0.6 is 0 Å². The summed E-state index contributed by atoms with van der Waals surface area (Å²) < 4.78 is 1.98. The van der Waals surface area contributed by atoms with E-state index < -0.39 is 0 Å². The van der Waals surface area contributed by atoms with E-state index >= 15 is 0 Å². The van der Waals surface area contributed by atoms with Gasteiger partial charge in [-0.3, -0.25) is 4.68 Å². The normalized spacial score (nSPS) is 22.8. The molecule has 3 nitrogen and oxygen atoms in total. The number of aryl methyl sites for hydroxylation is 1. The minimum Gasteiger partial charge on any atom is -0.311 e. The average Bonchev–Trinajstić information content (AvgIpc) is 2.85. The minimum atomic E-state index is 0.864. The van der Waals surface area contributed by atoms with Gasteiger partial charge in [-0.1, -0.05) is 44.4 Å². The first-order chi connectivity index (χ1) is 10.3. The molecule has 0 amide bonds. The number of nitrogens with one attached hydrogen (secondary N) is 1. The summed E-state index contributed by atoms with van der Waals surface area (Å²) in [5.41, 5.74) is 2.40. The van der Waals surface area contributed by atoms with Crippen molar-refractivity contribution in [2.75, 3.05) is 6.54 Å². The molecule has 1 N–H and O–H groups in total. The van der Waals surface area contributed by atoms with E-state index in [9.17, 15) is 0 Å². The van der Waals surface area contributed by atoms with E-state index in [-0.39, 0.29) is 0 Å². The molecule has 114 valence electrons. The number of para-hydroxylation sites is 1. The van der Waals surface area contributed by atoms with Crippen LogP contribution in [-0.2, 0) is 13.6 Å². The molecule has 0 radical (unpaired) electrons. The minimum absolute atomic E-state index is 0.864. The average molecular weight is 285 g/mol. The van der Waals surface area contributed by atoms with Gasteiger partial charge in [0.2, 0.25) is 0 Å². The summed E-state index contributed by atoms with van der Waals surface area (Å²) >= 11 is 0. The van der Waals surface area contributed by atoms with Crippen molar-refractivity contribution >= 4 is 10.9 Å². The SMILES string of the molecule is CCC1CCC(CNCc2nn(C)c3ccccc23)CC1. The molecule has 3 rings (SSSR count). The Hall–Kier alpha value is -1.35. The summed E-state index contributed by atoms with van der Waals surface area (Å²) in [6, 6.07) is 8.48. The Labute approximate surface area is 127 Å². The van der Waals surface area contributed by atoms with E-state index in [1.807, 2.05) is 11.7 Å². The number of aromatic nitrogens is 2. The van der Waals surface area contributed by atoms with E-state index in [4.69, 9.17) is 0 Å². The van der Waals surface area contributed by atoms with Crippen LogP contribution in [0.2, 0.25) is 0 Å². The number of hydrogen-bond donors (Lipinski definition) is 1. The van der Waals surface area contributed by atoms with Gasteiger partial charge in [0.1, 0.15) is 0 Å². The van der Waals surface area contributed by atoms with Crippen LogP contribution in [0, 0.1) is 11.8 Å². The lowest BCUT2D eigenvalue weighted by molar-refractivity contribution is 0.262. The standard InChI is InChI=1S/C18H27N3/c1-3-14-8-10-15(11-9-14)12-19-13-17-16-6-4-5-7-18(16)21(2)20-17/h4-7,14-15,19H,3,8-13H2,1-2H3. The first-order valence-electron chi connectivity index (χ1n) is 8.39. The molecular weight excluding hydrogens is 258 g/mol. The van der Waals surface area contributed by atoms with Gasteiger partial charge in [0.25, 0.3) is 0 Å². The van der Waals surface area contributed by atoms with E-state index in [2.05, 4.69) is 41.6 Å². The van der Waals surface area contributed by atoms with Gasteiger partial charge < -0.3 is 5.32 Å².